The summed E-state index contributed by atoms with van der Waals surface area (Å²) >= 11 is 0. The summed E-state index contributed by atoms with van der Waals surface area (Å²) < 4.78 is 15.6. The van der Waals surface area contributed by atoms with Crippen LogP contribution in [0.4, 0.5) is 5.69 Å². The Labute approximate surface area is 174 Å². The molecule has 162 valence electrons. The lowest BCUT2D eigenvalue weighted by Gasteiger charge is -2.32. The van der Waals surface area contributed by atoms with Crippen LogP contribution in [0.5, 0.6) is 11.5 Å². The third-order valence-corrected chi connectivity index (χ3v) is 4.94. The quantitative estimate of drug-likeness (QED) is 0.385. The topological polar surface area (TPSA) is 141 Å². The van der Waals surface area contributed by atoms with Crippen molar-refractivity contribution in [1.29, 1.82) is 5.26 Å². The molecule has 1 aliphatic rings. The van der Waals surface area contributed by atoms with Gasteiger partial charge in [-0.2, -0.15) is 5.26 Å². The van der Waals surface area contributed by atoms with Crippen molar-refractivity contribution in [2.75, 3.05) is 13.7 Å². The van der Waals surface area contributed by atoms with Crippen molar-refractivity contribution in [1.82, 2.24) is 5.32 Å². The third kappa shape index (κ3) is 5.17. The molecule has 10 nitrogen and oxygen atoms in total. The van der Waals surface area contributed by atoms with Gasteiger partial charge in [-0.3, -0.25) is 14.9 Å². The van der Waals surface area contributed by atoms with Crippen LogP contribution in [0.15, 0.2) is 12.1 Å². The number of amides is 1. The van der Waals surface area contributed by atoms with Gasteiger partial charge in [0.15, 0.2) is 17.6 Å². The Morgan fingerprint density at radius 3 is 2.50 bits per heavy atom. The maximum atomic E-state index is 12.6. The summed E-state index contributed by atoms with van der Waals surface area (Å²) in [4.78, 5) is 35.8. The number of nitro benzene ring substituents is 1. The molecule has 1 aromatic rings. The van der Waals surface area contributed by atoms with E-state index in [0.29, 0.717) is 12.8 Å². The van der Waals surface area contributed by atoms with Crippen LogP contribution in [0.25, 0.3) is 0 Å². The molecule has 0 spiro atoms. The van der Waals surface area contributed by atoms with E-state index < -0.39 is 34.1 Å². The third-order valence-electron chi connectivity index (χ3n) is 4.94. The molecule has 1 saturated carbocycles. The van der Waals surface area contributed by atoms with E-state index in [0.717, 1.165) is 31.4 Å². The van der Waals surface area contributed by atoms with E-state index >= 15 is 0 Å². The average molecular weight is 419 g/mol. The molecule has 0 aromatic heterocycles. The Bertz CT molecular complexity index is 857. The number of nitrogens with zero attached hydrogens (tertiary/aromatic N) is 2. The second-order valence-corrected chi connectivity index (χ2v) is 7.00. The highest BCUT2D eigenvalue weighted by molar-refractivity contribution is 5.96. The number of hydrogen-bond donors (Lipinski definition) is 1. The molecular weight excluding hydrogens is 394 g/mol. The highest BCUT2D eigenvalue weighted by Crippen LogP contribution is 2.35. The molecule has 30 heavy (non-hydrogen) atoms. The van der Waals surface area contributed by atoms with Gasteiger partial charge in [-0.15, -0.1) is 0 Å². The number of esters is 1. The fourth-order valence-electron chi connectivity index (χ4n) is 3.33. The van der Waals surface area contributed by atoms with Crippen LogP contribution in [0.3, 0.4) is 0 Å². The van der Waals surface area contributed by atoms with Gasteiger partial charge in [0.25, 0.3) is 11.6 Å². The summed E-state index contributed by atoms with van der Waals surface area (Å²) in [5, 5.41) is 23.6. The Kier molecular flexibility index (Phi) is 7.58. The molecule has 0 saturated heterocycles. The van der Waals surface area contributed by atoms with Gasteiger partial charge >= 0.3 is 5.97 Å². The highest BCUT2D eigenvalue weighted by Gasteiger charge is 2.36. The zero-order chi connectivity index (χ0) is 22.3. The molecule has 0 aliphatic heterocycles. The van der Waals surface area contributed by atoms with Crippen LogP contribution in [-0.4, -0.2) is 42.2 Å². The molecule has 1 aromatic carbocycles. The van der Waals surface area contributed by atoms with Crippen LogP contribution in [0.2, 0.25) is 0 Å². The van der Waals surface area contributed by atoms with Gasteiger partial charge < -0.3 is 19.5 Å². The van der Waals surface area contributed by atoms with E-state index in [1.807, 2.05) is 0 Å². The van der Waals surface area contributed by atoms with Crippen molar-refractivity contribution in [3.63, 3.8) is 0 Å². The maximum Gasteiger partial charge on any atom is 0.346 e. The zero-order valence-corrected chi connectivity index (χ0v) is 17.2. The van der Waals surface area contributed by atoms with Gasteiger partial charge in [-0.1, -0.05) is 19.3 Å². The molecular formula is C20H25N3O7. The average Bonchev–Trinajstić information content (AvgIpc) is 2.74. The minimum absolute atomic E-state index is 0.113. The van der Waals surface area contributed by atoms with Crippen LogP contribution in [0.1, 0.15) is 56.3 Å². The Morgan fingerprint density at radius 2 is 1.97 bits per heavy atom. The Balaban J connectivity index is 2.20. The largest absolute Gasteiger partial charge is 0.493 e. The summed E-state index contributed by atoms with van der Waals surface area (Å²) in [6, 6.07) is 4.38. The molecule has 1 aliphatic carbocycles. The van der Waals surface area contributed by atoms with Gasteiger partial charge in [0.2, 0.25) is 0 Å². The lowest BCUT2D eigenvalue weighted by Crippen LogP contribution is -2.52. The number of carbonyl (C=O) groups excluding carboxylic acids is 2. The smallest absolute Gasteiger partial charge is 0.346 e. The van der Waals surface area contributed by atoms with Crippen LogP contribution in [-0.2, 0) is 9.53 Å². The Hall–Kier alpha value is -3.35. The standard InChI is InChI=1S/C20H25N3O7/c1-4-29-17-11-15(23(26)27)14(10-16(17)28-3)19(25)30-13(2)18(24)22-20(12-21)8-6-5-7-9-20/h10-11,13H,4-9H2,1-3H3,(H,22,24)/t13-/m0/s1. The summed E-state index contributed by atoms with van der Waals surface area (Å²) in [6.45, 7) is 3.29. The second-order valence-electron chi connectivity index (χ2n) is 7.00. The summed E-state index contributed by atoms with van der Waals surface area (Å²) in [5.41, 5.74) is -1.88. The first-order valence-electron chi connectivity index (χ1n) is 9.70. The van der Waals surface area contributed by atoms with E-state index in [2.05, 4.69) is 11.4 Å². The normalized spacial score (nSPS) is 15.9. The van der Waals surface area contributed by atoms with E-state index in [1.54, 1.807) is 6.92 Å². The predicted octanol–water partition coefficient (Wildman–Crippen LogP) is 2.89. The van der Waals surface area contributed by atoms with Crippen molar-refractivity contribution >= 4 is 17.6 Å². The lowest BCUT2D eigenvalue weighted by atomic mass is 9.83. The van der Waals surface area contributed by atoms with E-state index in [9.17, 15) is 25.0 Å². The first-order chi connectivity index (χ1) is 14.3. The van der Waals surface area contributed by atoms with Crippen LogP contribution in [0, 0.1) is 21.4 Å². The molecule has 1 fully saturated rings. The number of nitrogens with one attached hydrogen (secondary N) is 1. The van der Waals surface area contributed by atoms with E-state index in [1.165, 1.54) is 14.0 Å². The summed E-state index contributed by atoms with van der Waals surface area (Å²) in [6.07, 6.45) is 2.43. The number of nitro groups is 1. The number of rotatable bonds is 8. The molecule has 10 heteroatoms. The summed E-state index contributed by atoms with van der Waals surface area (Å²) in [7, 11) is 1.33. The number of methoxy groups -OCH3 is 1. The van der Waals surface area contributed by atoms with Crippen molar-refractivity contribution in [2.45, 2.75) is 57.6 Å². The van der Waals surface area contributed by atoms with Gasteiger partial charge in [0.1, 0.15) is 11.1 Å². The molecule has 1 N–H and O–H groups in total. The first kappa shape index (κ1) is 22.9. The molecule has 2 rings (SSSR count). The van der Waals surface area contributed by atoms with Gasteiger partial charge in [0, 0.05) is 6.07 Å². The lowest BCUT2D eigenvalue weighted by molar-refractivity contribution is -0.385. The van der Waals surface area contributed by atoms with Gasteiger partial charge in [-0.25, -0.2) is 4.79 Å². The fourth-order valence-corrected chi connectivity index (χ4v) is 3.33. The molecule has 0 unspecified atom stereocenters. The van der Waals surface area contributed by atoms with Crippen molar-refractivity contribution in [3.8, 4) is 17.6 Å². The van der Waals surface area contributed by atoms with E-state index in [-0.39, 0.29) is 23.7 Å². The Morgan fingerprint density at radius 1 is 1.30 bits per heavy atom. The van der Waals surface area contributed by atoms with Crippen molar-refractivity contribution in [2.24, 2.45) is 0 Å². The number of nitriles is 1. The molecule has 1 amide bonds. The number of carbonyl (C=O) groups is 2. The van der Waals surface area contributed by atoms with E-state index in [4.69, 9.17) is 14.2 Å². The fraction of sp³-hybridized carbons (Fsp3) is 0.550. The SMILES string of the molecule is CCOc1cc([N+](=O)[O-])c(C(=O)O[C@@H](C)C(=O)NC2(C#N)CCCCC2)cc1OC. The monoisotopic (exact) mass is 419 g/mol. The van der Waals surface area contributed by atoms with Crippen molar-refractivity contribution < 1.29 is 28.7 Å². The molecule has 0 heterocycles. The van der Waals surface area contributed by atoms with Crippen molar-refractivity contribution in [3.05, 3.63) is 27.8 Å². The molecule has 0 radical (unpaired) electrons. The number of ether oxygens (including phenoxy) is 3. The van der Waals surface area contributed by atoms with Crippen LogP contribution < -0.4 is 14.8 Å². The number of benzene rings is 1. The second kappa shape index (κ2) is 9.91. The zero-order valence-electron chi connectivity index (χ0n) is 17.2. The number of hydrogen-bond acceptors (Lipinski definition) is 8. The minimum atomic E-state index is -1.25. The maximum absolute atomic E-state index is 12.6. The predicted molar refractivity (Wildman–Crippen MR) is 105 cm³/mol. The molecule has 0 bridgehead atoms. The molecule has 1 atom stereocenters. The minimum Gasteiger partial charge on any atom is -0.493 e. The summed E-state index contributed by atoms with van der Waals surface area (Å²) in [5.74, 6) is -1.45. The van der Waals surface area contributed by atoms with Gasteiger partial charge in [0.05, 0.1) is 30.8 Å². The van der Waals surface area contributed by atoms with Crippen LogP contribution >= 0.6 is 0 Å². The van der Waals surface area contributed by atoms with Gasteiger partial charge in [-0.05, 0) is 26.7 Å². The first-order valence-corrected chi connectivity index (χ1v) is 9.70. The highest BCUT2D eigenvalue weighted by atomic mass is 16.6.